The van der Waals surface area contributed by atoms with Crippen molar-refractivity contribution in [2.24, 2.45) is 17.8 Å². The second-order valence-corrected chi connectivity index (χ2v) is 6.16. The van der Waals surface area contributed by atoms with E-state index in [2.05, 4.69) is 26.1 Å². The second-order valence-electron chi connectivity index (χ2n) is 6.16. The summed E-state index contributed by atoms with van der Waals surface area (Å²) in [7, 11) is 0. The van der Waals surface area contributed by atoms with Crippen LogP contribution in [0, 0.1) is 17.8 Å². The summed E-state index contributed by atoms with van der Waals surface area (Å²) in [5.74, 6) is 2.77. The lowest BCUT2D eigenvalue weighted by molar-refractivity contribution is 0.193. The molecule has 5 atom stereocenters. The first-order chi connectivity index (χ1) is 7.16. The highest BCUT2D eigenvalue weighted by Gasteiger charge is 2.30. The monoisotopic (exact) mass is 209 g/mol. The van der Waals surface area contributed by atoms with Gasteiger partial charge in [0.15, 0.2) is 0 Å². The Morgan fingerprint density at radius 2 is 1.73 bits per heavy atom. The largest absolute Gasteiger partial charge is 0.311 e. The van der Waals surface area contributed by atoms with Crippen LogP contribution in [0.4, 0.5) is 0 Å². The molecule has 0 heterocycles. The Hall–Kier alpha value is -0.0400. The maximum atomic E-state index is 3.93. The SMILES string of the molecule is CC1CCC(NC2CCCC(C)C2C)C1. The van der Waals surface area contributed by atoms with Gasteiger partial charge in [0.05, 0.1) is 0 Å². The first kappa shape index (κ1) is 11.4. The minimum absolute atomic E-state index is 0.809. The summed E-state index contributed by atoms with van der Waals surface area (Å²) in [6, 6.07) is 1.64. The maximum Gasteiger partial charge on any atom is 0.00978 e. The topological polar surface area (TPSA) is 12.0 Å². The van der Waals surface area contributed by atoms with E-state index in [0.29, 0.717) is 0 Å². The van der Waals surface area contributed by atoms with E-state index in [1.807, 2.05) is 0 Å². The fraction of sp³-hybridized carbons (Fsp3) is 1.00. The molecule has 0 aromatic rings. The van der Waals surface area contributed by atoms with Gasteiger partial charge in [0, 0.05) is 12.1 Å². The molecule has 2 fully saturated rings. The molecule has 0 bridgehead atoms. The van der Waals surface area contributed by atoms with E-state index in [4.69, 9.17) is 0 Å². The van der Waals surface area contributed by atoms with Crippen molar-refractivity contribution < 1.29 is 0 Å². The van der Waals surface area contributed by atoms with E-state index in [1.54, 1.807) is 0 Å². The van der Waals surface area contributed by atoms with Gasteiger partial charge < -0.3 is 5.32 Å². The molecule has 0 aromatic heterocycles. The van der Waals surface area contributed by atoms with Gasteiger partial charge in [-0.2, -0.15) is 0 Å². The van der Waals surface area contributed by atoms with Gasteiger partial charge in [-0.25, -0.2) is 0 Å². The Kier molecular flexibility index (Phi) is 3.71. The van der Waals surface area contributed by atoms with Crippen LogP contribution in [0.2, 0.25) is 0 Å². The van der Waals surface area contributed by atoms with Crippen molar-refractivity contribution in [1.82, 2.24) is 5.32 Å². The zero-order valence-corrected chi connectivity index (χ0v) is 10.6. The van der Waals surface area contributed by atoms with Crippen molar-refractivity contribution >= 4 is 0 Å². The minimum Gasteiger partial charge on any atom is -0.311 e. The van der Waals surface area contributed by atoms with E-state index >= 15 is 0 Å². The average molecular weight is 209 g/mol. The Morgan fingerprint density at radius 1 is 0.933 bits per heavy atom. The molecule has 0 aliphatic heterocycles. The molecule has 0 amide bonds. The third-order valence-corrected chi connectivity index (χ3v) is 4.85. The van der Waals surface area contributed by atoms with E-state index < -0.39 is 0 Å². The third kappa shape index (κ3) is 2.75. The fourth-order valence-electron chi connectivity index (χ4n) is 3.48. The van der Waals surface area contributed by atoms with Crippen molar-refractivity contribution in [3.63, 3.8) is 0 Å². The zero-order valence-electron chi connectivity index (χ0n) is 10.6. The summed E-state index contributed by atoms with van der Waals surface area (Å²) in [6.07, 6.45) is 8.56. The average Bonchev–Trinajstić information content (AvgIpc) is 2.59. The number of hydrogen-bond donors (Lipinski definition) is 1. The van der Waals surface area contributed by atoms with Crippen LogP contribution in [0.3, 0.4) is 0 Å². The molecule has 88 valence electrons. The molecule has 0 radical (unpaired) electrons. The Balaban J connectivity index is 1.82. The van der Waals surface area contributed by atoms with Crippen molar-refractivity contribution in [3.8, 4) is 0 Å². The Morgan fingerprint density at radius 3 is 2.40 bits per heavy atom. The molecule has 2 saturated carbocycles. The van der Waals surface area contributed by atoms with Crippen molar-refractivity contribution in [2.45, 2.75) is 71.4 Å². The molecule has 0 saturated heterocycles. The van der Waals surface area contributed by atoms with Crippen LogP contribution in [0.5, 0.6) is 0 Å². The van der Waals surface area contributed by atoms with Crippen LogP contribution in [-0.4, -0.2) is 12.1 Å². The highest BCUT2D eigenvalue weighted by molar-refractivity contribution is 4.87. The summed E-state index contributed by atoms with van der Waals surface area (Å²) >= 11 is 0. The minimum atomic E-state index is 0.809. The molecular formula is C14H27N. The van der Waals surface area contributed by atoms with E-state index in [1.165, 1.54) is 38.5 Å². The highest BCUT2D eigenvalue weighted by Crippen LogP contribution is 2.32. The molecule has 15 heavy (non-hydrogen) atoms. The smallest absolute Gasteiger partial charge is 0.00978 e. The van der Waals surface area contributed by atoms with Crippen LogP contribution in [0.1, 0.15) is 59.3 Å². The Labute approximate surface area is 95.0 Å². The first-order valence-corrected chi connectivity index (χ1v) is 6.93. The lowest BCUT2D eigenvalue weighted by atomic mass is 9.78. The van der Waals surface area contributed by atoms with Crippen LogP contribution in [0.25, 0.3) is 0 Å². The molecule has 1 nitrogen and oxygen atoms in total. The summed E-state index contributed by atoms with van der Waals surface area (Å²) in [4.78, 5) is 0. The standard InChI is InChI=1S/C14H27N/c1-10-7-8-13(9-10)15-14-6-4-5-11(2)12(14)3/h10-15H,4-9H2,1-3H3. The maximum absolute atomic E-state index is 3.93. The zero-order chi connectivity index (χ0) is 10.8. The molecular weight excluding hydrogens is 182 g/mol. The third-order valence-electron chi connectivity index (χ3n) is 4.85. The van der Waals surface area contributed by atoms with Crippen molar-refractivity contribution in [1.29, 1.82) is 0 Å². The molecule has 1 heteroatoms. The summed E-state index contributed by atoms with van der Waals surface area (Å²) in [6.45, 7) is 7.27. The van der Waals surface area contributed by atoms with Crippen LogP contribution in [0.15, 0.2) is 0 Å². The van der Waals surface area contributed by atoms with E-state index in [9.17, 15) is 0 Å². The molecule has 1 N–H and O–H groups in total. The highest BCUT2D eigenvalue weighted by atomic mass is 15.0. The van der Waals surface area contributed by atoms with Crippen molar-refractivity contribution in [2.75, 3.05) is 0 Å². The summed E-state index contributed by atoms with van der Waals surface area (Å²) in [5, 5.41) is 3.93. The predicted molar refractivity (Wildman–Crippen MR) is 65.9 cm³/mol. The quantitative estimate of drug-likeness (QED) is 0.733. The summed E-state index contributed by atoms with van der Waals surface area (Å²) < 4.78 is 0. The first-order valence-electron chi connectivity index (χ1n) is 6.93. The molecule has 5 unspecified atom stereocenters. The van der Waals surface area contributed by atoms with Gasteiger partial charge in [-0.1, -0.05) is 33.6 Å². The number of rotatable bonds is 2. The Bertz CT molecular complexity index is 202. The van der Waals surface area contributed by atoms with E-state index in [-0.39, 0.29) is 0 Å². The summed E-state index contributed by atoms with van der Waals surface area (Å²) in [5.41, 5.74) is 0. The lowest BCUT2D eigenvalue weighted by Gasteiger charge is -2.36. The fourth-order valence-corrected chi connectivity index (χ4v) is 3.48. The van der Waals surface area contributed by atoms with Gasteiger partial charge in [-0.15, -0.1) is 0 Å². The van der Waals surface area contributed by atoms with Gasteiger partial charge in [0.1, 0.15) is 0 Å². The molecule has 2 rings (SSSR count). The van der Waals surface area contributed by atoms with Gasteiger partial charge in [-0.3, -0.25) is 0 Å². The van der Waals surface area contributed by atoms with E-state index in [0.717, 1.165) is 29.8 Å². The molecule has 2 aliphatic carbocycles. The van der Waals surface area contributed by atoms with Gasteiger partial charge in [0.25, 0.3) is 0 Å². The number of nitrogens with one attached hydrogen (secondary N) is 1. The molecule has 0 spiro atoms. The number of hydrogen-bond acceptors (Lipinski definition) is 1. The molecule has 2 aliphatic rings. The van der Waals surface area contributed by atoms with Gasteiger partial charge >= 0.3 is 0 Å². The lowest BCUT2D eigenvalue weighted by Crippen LogP contribution is -2.44. The molecule has 0 aromatic carbocycles. The predicted octanol–water partition coefficient (Wildman–Crippen LogP) is 3.59. The van der Waals surface area contributed by atoms with Gasteiger partial charge in [-0.05, 0) is 43.4 Å². The van der Waals surface area contributed by atoms with Crippen LogP contribution < -0.4 is 5.32 Å². The second kappa shape index (κ2) is 4.86. The van der Waals surface area contributed by atoms with Gasteiger partial charge in [0.2, 0.25) is 0 Å². The van der Waals surface area contributed by atoms with Crippen molar-refractivity contribution in [3.05, 3.63) is 0 Å². The van der Waals surface area contributed by atoms with Crippen LogP contribution >= 0.6 is 0 Å². The normalized spacial score (nSPS) is 47.0. The van der Waals surface area contributed by atoms with Crippen LogP contribution in [-0.2, 0) is 0 Å².